The number of para-hydroxylation sites is 2. The Hall–Kier alpha value is -3.04. The van der Waals surface area contributed by atoms with Crippen LogP contribution in [0.1, 0.15) is 46.5 Å². The number of hydrogen-bond acceptors (Lipinski definition) is 6. The molecule has 1 aliphatic carbocycles. The van der Waals surface area contributed by atoms with Gasteiger partial charge in [-0.05, 0) is 56.2 Å². The van der Waals surface area contributed by atoms with Crippen LogP contribution in [-0.2, 0) is 28.9 Å². The molecule has 3 aromatic rings. The number of thiophene rings is 1. The number of anilines is 1. The number of ether oxygens (including phenoxy) is 1. The van der Waals surface area contributed by atoms with Crippen molar-refractivity contribution in [2.45, 2.75) is 51.2 Å². The molecular weight excluding hydrogens is 440 g/mol. The number of benzene rings is 1. The van der Waals surface area contributed by atoms with Crippen molar-refractivity contribution in [3.8, 4) is 0 Å². The maximum Gasteiger partial charge on any atom is 0.269 e. The van der Waals surface area contributed by atoms with Gasteiger partial charge in [0.1, 0.15) is 11.5 Å². The van der Waals surface area contributed by atoms with E-state index in [-0.39, 0.29) is 30.0 Å². The van der Waals surface area contributed by atoms with Crippen LogP contribution in [0.25, 0.3) is 11.0 Å². The molecule has 5 rings (SSSR count). The lowest BCUT2D eigenvalue weighted by atomic mass is 9.95. The van der Waals surface area contributed by atoms with E-state index in [9.17, 15) is 14.4 Å². The van der Waals surface area contributed by atoms with E-state index in [2.05, 4.69) is 15.6 Å². The van der Waals surface area contributed by atoms with Crippen molar-refractivity contribution in [2.75, 3.05) is 18.5 Å². The quantitative estimate of drug-likeness (QED) is 0.582. The smallest absolute Gasteiger partial charge is 0.269 e. The van der Waals surface area contributed by atoms with E-state index in [4.69, 9.17) is 4.74 Å². The molecule has 9 heteroatoms. The van der Waals surface area contributed by atoms with E-state index >= 15 is 0 Å². The van der Waals surface area contributed by atoms with Crippen molar-refractivity contribution >= 4 is 39.2 Å². The Morgan fingerprint density at radius 1 is 1.18 bits per heavy atom. The summed E-state index contributed by atoms with van der Waals surface area (Å²) in [5, 5.41) is 6.48. The Morgan fingerprint density at radius 3 is 2.88 bits per heavy atom. The van der Waals surface area contributed by atoms with E-state index in [1.807, 2.05) is 12.1 Å². The van der Waals surface area contributed by atoms with E-state index < -0.39 is 0 Å². The summed E-state index contributed by atoms with van der Waals surface area (Å²) in [7, 11) is 0. The molecule has 0 bridgehead atoms. The summed E-state index contributed by atoms with van der Waals surface area (Å²) in [5.74, 6) is -0.521. The van der Waals surface area contributed by atoms with Crippen LogP contribution < -0.4 is 16.2 Å². The molecule has 0 unspecified atom stereocenters. The highest BCUT2D eigenvalue weighted by Gasteiger charge is 2.27. The van der Waals surface area contributed by atoms with Crippen LogP contribution in [-0.4, -0.2) is 40.6 Å². The fourth-order valence-electron chi connectivity index (χ4n) is 4.58. The van der Waals surface area contributed by atoms with Gasteiger partial charge in [-0.2, -0.15) is 0 Å². The van der Waals surface area contributed by atoms with Gasteiger partial charge in [-0.3, -0.25) is 19.0 Å². The number of hydrogen-bond donors (Lipinski definition) is 2. The predicted octanol–water partition coefficient (Wildman–Crippen LogP) is 2.88. The lowest BCUT2D eigenvalue weighted by Crippen LogP contribution is -2.33. The van der Waals surface area contributed by atoms with Crippen molar-refractivity contribution in [2.24, 2.45) is 0 Å². The van der Waals surface area contributed by atoms with E-state index in [1.54, 1.807) is 12.1 Å². The largest absolute Gasteiger partial charge is 0.376 e. The molecule has 8 nitrogen and oxygen atoms in total. The highest BCUT2D eigenvalue weighted by Crippen LogP contribution is 2.38. The van der Waals surface area contributed by atoms with Gasteiger partial charge in [0.25, 0.3) is 11.5 Å². The molecule has 1 aromatic carbocycles. The lowest BCUT2D eigenvalue weighted by Gasteiger charge is -2.15. The van der Waals surface area contributed by atoms with Crippen LogP contribution in [0.4, 0.5) is 5.00 Å². The molecule has 0 radical (unpaired) electrons. The van der Waals surface area contributed by atoms with Crippen molar-refractivity contribution < 1.29 is 14.3 Å². The zero-order valence-electron chi connectivity index (χ0n) is 18.3. The average Bonchev–Trinajstić information content (AvgIpc) is 3.47. The molecule has 0 saturated carbocycles. The van der Waals surface area contributed by atoms with Crippen LogP contribution in [0.15, 0.2) is 35.3 Å². The van der Waals surface area contributed by atoms with Crippen LogP contribution in [0, 0.1) is 0 Å². The minimum atomic E-state index is -0.347. The third kappa shape index (κ3) is 4.56. The SMILES string of the molecule is O=C(Cn1c(=O)cnc2ccccc21)Nc1sc2c(c1C(=O)NC[C@H]1CCCO1)CCCC2. The highest BCUT2D eigenvalue weighted by molar-refractivity contribution is 7.17. The molecular formula is C24H26N4O4S. The minimum absolute atomic E-state index is 0.0494. The number of aromatic nitrogens is 2. The summed E-state index contributed by atoms with van der Waals surface area (Å²) in [6, 6.07) is 7.21. The molecule has 1 aliphatic heterocycles. The van der Waals surface area contributed by atoms with Gasteiger partial charge in [-0.1, -0.05) is 12.1 Å². The van der Waals surface area contributed by atoms with Gasteiger partial charge in [-0.15, -0.1) is 11.3 Å². The van der Waals surface area contributed by atoms with Gasteiger partial charge in [0, 0.05) is 18.0 Å². The van der Waals surface area contributed by atoms with Gasteiger partial charge in [0.15, 0.2) is 0 Å². The molecule has 0 spiro atoms. The number of nitrogens with zero attached hydrogens (tertiary/aromatic N) is 2. The first-order valence-electron chi connectivity index (χ1n) is 11.4. The number of rotatable bonds is 6. The Labute approximate surface area is 195 Å². The molecule has 172 valence electrons. The standard InChI is InChI=1S/C24H26N4O4S/c29-20(14-28-18-9-3-2-8-17(18)25-13-21(28)30)27-24-22(16-7-1-4-10-19(16)33-24)23(31)26-12-15-6-5-11-32-15/h2-3,8-9,13,15H,1,4-7,10-12,14H2,(H,26,31)(H,27,29)/t15-/m1/s1. The Bertz CT molecular complexity index is 1260. The lowest BCUT2D eigenvalue weighted by molar-refractivity contribution is -0.116. The van der Waals surface area contributed by atoms with Crippen molar-refractivity contribution in [1.29, 1.82) is 0 Å². The van der Waals surface area contributed by atoms with E-state index in [1.165, 1.54) is 22.1 Å². The summed E-state index contributed by atoms with van der Waals surface area (Å²) >= 11 is 1.47. The Balaban J connectivity index is 1.38. The summed E-state index contributed by atoms with van der Waals surface area (Å²) in [6.45, 7) is 1.05. The third-order valence-corrected chi connectivity index (χ3v) is 7.43. The van der Waals surface area contributed by atoms with Gasteiger partial charge in [0.2, 0.25) is 5.91 Å². The molecule has 1 atom stereocenters. The zero-order chi connectivity index (χ0) is 22.8. The summed E-state index contributed by atoms with van der Waals surface area (Å²) in [6.07, 6.45) is 7.09. The molecule has 33 heavy (non-hydrogen) atoms. The van der Waals surface area contributed by atoms with E-state index in [0.717, 1.165) is 55.6 Å². The van der Waals surface area contributed by atoms with Crippen molar-refractivity contribution in [1.82, 2.24) is 14.9 Å². The van der Waals surface area contributed by atoms with Crippen molar-refractivity contribution in [3.05, 3.63) is 56.8 Å². The Morgan fingerprint density at radius 2 is 2.03 bits per heavy atom. The normalized spacial score (nSPS) is 17.6. The second-order valence-electron chi connectivity index (χ2n) is 8.48. The average molecular weight is 467 g/mol. The fraction of sp³-hybridized carbons (Fsp3) is 0.417. The summed E-state index contributed by atoms with van der Waals surface area (Å²) < 4.78 is 7.03. The molecule has 2 N–H and O–H groups in total. The maximum absolute atomic E-state index is 13.1. The van der Waals surface area contributed by atoms with Crippen LogP contribution in [0.5, 0.6) is 0 Å². The predicted molar refractivity (Wildman–Crippen MR) is 127 cm³/mol. The second-order valence-corrected chi connectivity index (χ2v) is 9.58. The minimum Gasteiger partial charge on any atom is -0.376 e. The molecule has 3 heterocycles. The summed E-state index contributed by atoms with van der Waals surface area (Å²) in [5.41, 5.74) is 2.50. The van der Waals surface area contributed by atoms with Crippen LogP contribution in [0.2, 0.25) is 0 Å². The van der Waals surface area contributed by atoms with Crippen molar-refractivity contribution in [3.63, 3.8) is 0 Å². The van der Waals surface area contributed by atoms with E-state index in [0.29, 0.717) is 28.1 Å². The number of carbonyl (C=O) groups excluding carboxylic acids is 2. The van der Waals surface area contributed by atoms with Crippen LogP contribution >= 0.6 is 11.3 Å². The highest BCUT2D eigenvalue weighted by atomic mass is 32.1. The zero-order valence-corrected chi connectivity index (χ0v) is 19.1. The number of amides is 2. The molecule has 2 amide bonds. The Kier molecular flexibility index (Phi) is 6.24. The van der Waals surface area contributed by atoms with Gasteiger partial charge in [0.05, 0.1) is 28.9 Å². The van der Waals surface area contributed by atoms with Gasteiger partial charge in [-0.25, -0.2) is 4.98 Å². The van der Waals surface area contributed by atoms with Crippen LogP contribution in [0.3, 0.4) is 0 Å². The number of nitrogens with one attached hydrogen (secondary N) is 2. The molecule has 1 saturated heterocycles. The second kappa shape index (κ2) is 9.44. The number of carbonyl (C=O) groups is 2. The van der Waals surface area contributed by atoms with Gasteiger partial charge >= 0.3 is 0 Å². The third-order valence-electron chi connectivity index (χ3n) is 6.22. The number of aryl methyl sites for hydroxylation is 1. The maximum atomic E-state index is 13.1. The first-order chi connectivity index (χ1) is 16.1. The topological polar surface area (TPSA) is 102 Å². The molecule has 2 aromatic heterocycles. The molecule has 1 fully saturated rings. The number of fused-ring (bicyclic) bond motifs is 2. The van der Waals surface area contributed by atoms with Gasteiger partial charge < -0.3 is 15.4 Å². The summed E-state index contributed by atoms with van der Waals surface area (Å²) in [4.78, 5) is 43.9. The first kappa shape index (κ1) is 21.8. The molecule has 2 aliphatic rings. The first-order valence-corrected chi connectivity index (χ1v) is 12.2. The fourth-order valence-corrected chi connectivity index (χ4v) is 5.88. The monoisotopic (exact) mass is 466 g/mol.